The highest BCUT2D eigenvalue weighted by atomic mass is 32.2. The zero-order valence-corrected chi connectivity index (χ0v) is 7.69. The lowest BCUT2D eigenvalue weighted by Crippen LogP contribution is -2.36. The first-order valence-corrected chi connectivity index (χ1v) is 5.22. The van der Waals surface area contributed by atoms with Crippen molar-refractivity contribution in [3.63, 3.8) is 0 Å². The Labute approximate surface area is 67.7 Å². The molecular weight excluding hydrogens is 166 g/mol. The van der Waals surface area contributed by atoms with Gasteiger partial charge in [0.2, 0.25) is 0 Å². The van der Waals surface area contributed by atoms with Crippen LogP contribution in [0.1, 0.15) is 26.7 Å². The maximum absolute atomic E-state index is 10.6. The fourth-order valence-electron chi connectivity index (χ4n) is 0.766. The van der Waals surface area contributed by atoms with Crippen LogP contribution >= 0.6 is 0 Å². The van der Waals surface area contributed by atoms with Crippen LogP contribution in [0.15, 0.2) is 0 Å². The summed E-state index contributed by atoms with van der Waals surface area (Å²) in [6.45, 7) is 4.25. The Kier molecular flexibility index (Phi) is 4.63. The van der Waals surface area contributed by atoms with Crippen molar-refractivity contribution < 1.29 is 13.0 Å². The van der Waals surface area contributed by atoms with Crippen molar-refractivity contribution in [3.8, 4) is 0 Å². The van der Waals surface area contributed by atoms with Crippen LogP contribution < -0.4 is 5.32 Å². The van der Waals surface area contributed by atoms with Gasteiger partial charge in [-0.1, -0.05) is 13.8 Å². The Morgan fingerprint density at radius 1 is 1.45 bits per heavy atom. The molecule has 0 aliphatic carbocycles. The summed E-state index contributed by atoms with van der Waals surface area (Å²) in [5.41, 5.74) is 0. The molecule has 0 bridgehead atoms. The molecule has 0 aliphatic heterocycles. The molecule has 2 N–H and O–H groups in total. The van der Waals surface area contributed by atoms with E-state index in [1.165, 1.54) is 0 Å². The van der Waals surface area contributed by atoms with Crippen LogP contribution in [0.25, 0.3) is 0 Å². The molecule has 1 atom stereocenters. The van der Waals surface area contributed by atoms with Crippen molar-refractivity contribution in [2.24, 2.45) is 0 Å². The molecule has 68 valence electrons. The number of hydrogen-bond donors (Lipinski definition) is 2. The molecule has 4 nitrogen and oxygen atoms in total. The van der Waals surface area contributed by atoms with E-state index in [1.54, 1.807) is 6.92 Å². The number of rotatable bonds is 5. The second-order valence-corrected chi connectivity index (χ2v) is 3.96. The van der Waals surface area contributed by atoms with E-state index in [4.69, 9.17) is 4.55 Å². The highest BCUT2D eigenvalue weighted by Gasteiger charge is 2.18. The molecular formula is C6H15NO3S. The van der Waals surface area contributed by atoms with Gasteiger partial charge in [-0.15, -0.1) is 0 Å². The van der Waals surface area contributed by atoms with Crippen LogP contribution in [0.2, 0.25) is 0 Å². The number of hydrogen-bond acceptors (Lipinski definition) is 3. The summed E-state index contributed by atoms with van der Waals surface area (Å²) in [5.74, 6) is 0. The molecule has 0 heterocycles. The Balaban J connectivity index is 3.97. The maximum atomic E-state index is 10.6. The molecule has 0 spiro atoms. The van der Waals surface area contributed by atoms with E-state index < -0.39 is 15.5 Å². The highest BCUT2D eigenvalue weighted by molar-refractivity contribution is 7.86. The Morgan fingerprint density at radius 2 is 2.00 bits per heavy atom. The molecule has 0 rings (SSSR count). The first-order valence-electron chi connectivity index (χ1n) is 3.72. The normalized spacial score (nSPS) is 14.8. The lowest BCUT2D eigenvalue weighted by atomic mass is 10.4. The van der Waals surface area contributed by atoms with Gasteiger partial charge in [0, 0.05) is 0 Å². The van der Waals surface area contributed by atoms with E-state index in [9.17, 15) is 8.42 Å². The van der Waals surface area contributed by atoms with Gasteiger partial charge in [-0.25, -0.2) is 0 Å². The zero-order valence-electron chi connectivity index (χ0n) is 6.87. The second kappa shape index (κ2) is 4.69. The van der Waals surface area contributed by atoms with E-state index in [0.29, 0.717) is 13.0 Å². The van der Waals surface area contributed by atoms with Gasteiger partial charge in [-0.3, -0.25) is 9.87 Å². The molecule has 0 saturated carbocycles. The van der Waals surface area contributed by atoms with Gasteiger partial charge < -0.3 is 0 Å². The van der Waals surface area contributed by atoms with Gasteiger partial charge in [0.05, 0.1) is 0 Å². The number of nitrogens with one attached hydrogen (secondary N) is 1. The van der Waals surface area contributed by atoms with Gasteiger partial charge in [-0.05, 0) is 19.4 Å². The SMILES string of the molecule is CCCNC(CC)S(=O)(=O)O. The minimum absolute atomic E-state index is 0.388. The molecule has 5 heteroatoms. The molecule has 0 saturated heterocycles. The Morgan fingerprint density at radius 3 is 2.27 bits per heavy atom. The van der Waals surface area contributed by atoms with Gasteiger partial charge in [0.1, 0.15) is 5.37 Å². The third-order valence-corrected chi connectivity index (χ3v) is 2.57. The van der Waals surface area contributed by atoms with Crippen molar-refractivity contribution in [2.45, 2.75) is 32.1 Å². The molecule has 0 aromatic rings. The summed E-state index contributed by atoms with van der Waals surface area (Å²) in [6, 6.07) is 0. The van der Waals surface area contributed by atoms with Gasteiger partial charge >= 0.3 is 0 Å². The highest BCUT2D eigenvalue weighted by Crippen LogP contribution is 1.98. The monoisotopic (exact) mass is 181 g/mol. The first-order chi connectivity index (χ1) is 5.02. The molecule has 0 aromatic heterocycles. The minimum Gasteiger partial charge on any atom is -0.299 e. The smallest absolute Gasteiger partial charge is 0.281 e. The largest absolute Gasteiger partial charge is 0.299 e. The van der Waals surface area contributed by atoms with Crippen LogP contribution in [0.5, 0.6) is 0 Å². The van der Waals surface area contributed by atoms with Gasteiger partial charge in [0.15, 0.2) is 0 Å². The molecule has 11 heavy (non-hydrogen) atoms. The Bertz CT molecular complexity index is 188. The fraction of sp³-hybridized carbons (Fsp3) is 1.00. The summed E-state index contributed by atoms with van der Waals surface area (Å²) in [5, 5.41) is 1.92. The average molecular weight is 181 g/mol. The second-order valence-electron chi connectivity index (χ2n) is 2.37. The summed E-state index contributed by atoms with van der Waals surface area (Å²) < 4.78 is 29.7. The van der Waals surface area contributed by atoms with Gasteiger partial charge in [0.25, 0.3) is 10.1 Å². The topological polar surface area (TPSA) is 66.4 Å². The van der Waals surface area contributed by atoms with Crippen LogP contribution in [-0.4, -0.2) is 24.9 Å². The Hall–Kier alpha value is -0.130. The summed E-state index contributed by atoms with van der Waals surface area (Å²) in [6.07, 6.45) is 1.24. The van der Waals surface area contributed by atoms with Crippen LogP contribution in [0.3, 0.4) is 0 Å². The lowest BCUT2D eigenvalue weighted by molar-refractivity contribution is 0.445. The molecule has 0 amide bonds. The zero-order chi connectivity index (χ0) is 8.91. The summed E-state index contributed by atoms with van der Waals surface area (Å²) in [7, 11) is -3.90. The van der Waals surface area contributed by atoms with E-state index in [-0.39, 0.29) is 0 Å². The van der Waals surface area contributed by atoms with E-state index in [2.05, 4.69) is 5.32 Å². The molecule has 1 unspecified atom stereocenters. The van der Waals surface area contributed by atoms with Crippen molar-refractivity contribution in [3.05, 3.63) is 0 Å². The third-order valence-electron chi connectivity index (χ3n) is 1.35. The first kappa shape index (κ1) is 10.9. The van der Waals surface area contributed by atoms with Crippen LogP contribution in [0, 0.1) is 0 Å². The van der Waals surface area contributed by atoms with E-state index >= 15 is 0 Å². The maximum Gasteiger partial charge on any atom is 0.281 e. The standard InChI is InChI=1S/C6H15NO3S/c1-3-5-7-6(4-2)11(8,9)10/h6-7H,3-5H2,1-2H3,(H,8,9,10). The molecule has 0 aliphatic rings. The molecule has 0 radical (unpaired) electrons. The third kappa shape index (κ3) is 4.34. The predicted molar refractivity (Wildman–Crippen MR) is 43.9 cm³/mol. The average Bonchev–Trinajstić information content (AvgIpc) is 1.87. The lowest BCUT2D eigenvalue weighted by Gasteiger charge is -2.11. The van der Waals surface area contributed by atoms with Crippen molar-refractivity contribution in [1.82, 2.24) is 5.32 Å². The summed E-state index contributed by atoms with van der Waals surface area (Å²) in [4.78, 5) is 0. The van der Waals surface area contributed by atoms with Crippen LogP contribution in [0.4, 0.5) is 0 Å². The van der Waals surface area contributed by atoms with E-state index in [1.807, 2.05) is 6.92 Å². The minimum atomic E-state index is -3.90. The fourth-order valence-corrected chi connectivity index (χ4v) is 1.52. The summed E-state index contributed by atoms with van der Waals surface area (Å²) >= 11 is 0. The molecule has 0 aromatic carbocycles. The van der Waals surface area contributed by atoms with Gasteiger partial charge in [-0.2, -0.15) is 8.42 Å². The van der Waals surface area contributed by atoms with E-state index in [0.717, 1.165) is 6.42 Å². The quantitative estimate of drug-likeness (QED) is 0.610. The van der Waals surface area contributed by atoms with Crippen molar-refractivity contribution >= 4 is 10.1 Å². The molecule has 0 fully saturated rings. The van der Waals surface area contributed by atoms with Crippen molar-refractivity contribution in [1.29, 1.82) is 0 Å². The predicted octanol–water partition coefficient (Wildman–Crippen LogP) is 0.610. The van der Waals surface area contributed by atoms with Crippen molar-refractivity contribution in [2.75, 3.05) is 6.54 Å². The van der Waals surface area contributed by atoms with Crippen LogP contribution in [-0.2, 0) is 10.1 Å².